The molecular weight excluding hydrogens is 470 g/mol. The first-order chi connectivity index (χ1) is 18.0. The largest absolute Gasteiger partial charge is 0.488 e. The zero-order valence-corrected chi connectivity index (χ0v) is 20.4. The number of nitrogens with one attached hydrogen (secondary N) is 2. The van der Waals surface area contributed by atoms with Gasteiger partial charge in [-0.15, -0.1) is 0 Å². The topological polar surface area (TPSA) is 107 Å². The number of rotatable bonds is 8. The number of hydrogen-bond acceptors (Lipinski definition) is 6. The van der Waals surface area contributed by atoms with Gasteiger partial charge < -0.3 is 24.3 Å². The van der Waals surface area contributed by atoms with E-state index in [2.05, 4.69) is 15.8 Å². The minimum Gasteiger partial charge on any atom is -0.488 e. The van der Waals surface area contributed by atoms with Crippen LogP contribution < -0.4 is 15.4 Å². The summed E-state index contributed by atoms with van der Waals surface area (Å²) in [6.07, 6.45) is 1.45. The van der Waals surface area contributed by atoms with Crippen LogP contribution in [-0.2, 0) is 13.2 Å². The highest BCUT2D eigenvalue weighted by molar-refractivity contribution is 6.02. The molecule has 0 aliphatic carbocycles. The van der Waals surface area contributed by atoms with E-state index in [0.29, 0.717) is 29.3 Å². The Balaban J connectivity index is 1.29. The smallest absolute Gasteiger partial charge is 0.291 e. The third kappa shape index (κ3) is 5.38. The minimum atomic E-state index is -0.327. The highest BCUT2D eigenvalue weighted by Gasteiger charge is 2.17. The number of fused-ring (bicyclic) bond motifs is 1. The number of amides is 2. The van der Waals surface area contributed by atoms with E-state index in [1.54, 1.807) is 24.3 Å². The van der Waals surface area contributed by atoms with Crippen LogP contribution in [0.15, 0.2) is 88.0 Å². The SMILES string of the molecule is Cc1noc(C)c1COc1cc2ccccc2cc1C(=O)NCc1ccc(NC(=O)c2ccco2)cc1. The summed E-state index contributed by atoms with van der Waals surface area (Å²) < 4.78 is 16.4. The van der Waals surface area contributed by atoms with Crippen molar-refractivity contribution in [2.75, 3.05) is 5.32 Å². The zero-order valence-electron chi connectivity index (χ0n) is 20.4. The van der Waals surface area contributed by atoms with E-state index < -0.39 is 0 Å². The molecule has 0 radical (unpaired) electrons. The average molecular weight is 496 g/mol. The fourth-order valence-corrected chi connectivity index (χ4v) is 3.96. The van der Waals surface area contributed by atoms with Gasteiger partial charge in [-0.2, -0.15) is 0 Å². The van der Waals surface area contributed by atoms with Gasteiger partial charge in [0.25, 0.3) is 11.8 Å². The summed E-state index contributed by atoms with van der Waals surface area (Å²) in [6.45, 7) is 4.24. The highest BCUT2D eigenvalue weighted by Crippen LogP contribution is 2.28. The fraction of sp³-hybridized carbons (Fsp3) is 0.138. The van der Waals surface area contributed by atoms with E-state index >= 15 is 0 Å². The van der Waals surface area contributed by atoms with Crippen molar-refractivity contribution in [2.24, 2.45) is 0 Å². The van der Waals surface area contributed by atoms with Crippen molar-refractivity contribution in [3.63, 3.8) is 0 Å². The van der Waals surface area contributed by atoms with Crippen molar-refractivity contribution in [3.8, 4) is 5.75 Å². The summed E-state index contributed by atoms with van der Waals surface area (Å²) in [4.78, 5) is 25.4. The Kier molecular flexibility index (Phi) is 6.72. The minimum absolute atomic E-state index is 0.235. The van der Waals surface area contributed by atoms with Crippen molar-refractivity contribution in [3.05, 3.63) is 113 Å². The summed E-state index contributed by atoms with van der Waals surface area (Å²) in [6, 6.07) is 22.0. The molecule has 0 unspecified atom stereocenters. The van der Waals surface area contributed by atoms with E-state index in [4.69, 9.17) is 13.7 Å². The molecule has 2 heterocycles. The zero-order chi connectivity index (χ0) is 25.8. The maximum absolute atomic E-state index is 13.2. The molecule has 8 nitrogen and oxygen atoms in total. The second-order valence-corrected chi connectivity index (χ2v) is 8.60. The molecule has 3 aromatic carbocycles. The van der Waals surface area contributed by atoms with Crippen molar-refractivity contribution < 1.29 is 23.3 Å². The lowest BCUT2D eigenvalue weighted by Gasteiger charge is -2.14. The van der Waals surface area contributed by atoms with E-state index in [1.165, 1.54) is 6.26 Å². The Labute approximate surface area is 213 Å². The van der Waals surface area contributed by atoms with Gasteiger partial charge in [0, 0.05) is 12.2 Å². The lowest BCUT2D eigenvalue weighted by molar-refractivity contribution is 0.0945. The molecule has 186 valence electrons. The number of hydrogen-bond donors (Lipinski definition) is 2. The van der Waals surface area contributed by atoms with E-state index in [0.717, 1.165) is 27.6 Å². The molecule has 0 aliphatic heterocycles. The van der Waals surface area contributed by atoms with Gasteiger partial charge in [0.15, 0.2) is 5.76 Å². The summed E-state index contributed by atoms with van der Waals surface area (Å²) in [5.41, 5.74) is 3.56. The molecule has 0 fully saturated rings. The third-order valence-electron chi connectivity index (χ3n) is 6.06. The standard InChI is InChI=1S/C29H25N3O5/c1-18-25(19(2)37-32-18)17-36-27-15-22-7-4-3-6-21(22)14-24(27)28(33)30-16-20-9-11-23(12-10-20)31-29(34)26-8-5-13-35-26/h3-15H,16-17H2,1-2H3,(H,30,33)(H,31,34). The average Bonchev–Trinajstić information content (AvgIpc) is 3.56. The van der Waals surface area contributed by atoms with Crippen LogP contribution in [0.1, 0.15) is 43.5 Å². The van der Waals surface area contributed by atoms with Crippen molar-refractivity contribution >= 4 is 28.3 Å². The second kappa shape index (κ2) is 10.4. The number of ether oxygens (including phenoxy) is 1. The molecule has 8 heteroatoms. The first-order valence-corrected chi connectivity index (χ1v) is 11.8. The van der Waals surface area contributed by atoms with Gasteiger partial charge in [-0.05, 0) is 66.6 Å². The Hall–Kier alpha value is -4.85. The normalized spacial score (nSPS) is 10.9. The first-order valence-electron chi connectivity index (χ1n) is 11.8. The molecule has 0 aliphatic rings. The summed E-state index contributed by atoms with van der Waals surface area (Å²) >= 11 is 0. The molecule has 2 N–H and O–H groups in total. The maximum Gasteiger partial charge on any atom is 0.291 e. The third-order valence-corrected chi connectivity index (χ3v) is 6.06. The summed E-state index contributed by atoms with van der Waals surface area (Å²) in [7, 11) is 0. The van der Waals surface area contributed by atoms with Gasteiger partial charge in [0.1, 0.15) is 18.1 Å². The second-order valence-electron chi connectivity index (χ2n) is 8.60. The number of carbonyl (C=O) groups excluding carboxylic acids is 2. The summed E-state index contributed by atoms with van der Waals surface area (Å²) in [5.74, 6) is 0.820. The van der Waals surface area contributed by atoms with Crippen molar-refractivity contribution in [1.82, 2.24) is 10.5 Å². The lowest BCUT2D eigenvalue weighted by atomic mass is 10.0. The van der Waals surface area contributed by atoms with Crippen LogP contribution >= 0.6 is 0 Å². The molecule has 5 aromatic rings. The van der Waals surface area contributed by atoms with Crippen LogP contribution in [0.25, 0.3) is 10.8 Å². The van der Waals surface area contributed by atoms with Crippen LogP contribution in [0.2, 0.25) is 0 Å². The van der Waals surface area contributed by atoms with E-state index in [-0.39, 0.29) is 24.2 Å². The molecule has 2 amide bonds. The molecule has 0 spiro atoms. The molecule has 0 saturated heterocycles. The van der Waals surface area contributed by atoms with Crippen molar-refractivity contribution in [2.45, 2.75) is 27.0 Å². The van der Waals surface area contributed by atoms with Gasteiger partial charge in [-0.25, -0.2) is 0 Å². The van der Waals surface area contributed by atoms with Gasteiger partial charge in [-0.3, -0.25) is 9.59 Å². The Morgan fingerprint density at radius 3 is 2.35 bits per heavy atom. The molecule has 0 bridgehead atoms. The van der Waals surface area contributed by atoms with Gasteiger partial charge in [0.2, 0.25) is 0 Å². The predicted octanol–water partition coefficient (Wildman–Crippen LogP) is 5.80. The lowest BCUT2D eigenvalue weighted by Crippen LogP contribution is -2.23. The quantitative estimate of drug-likeness (QED) is 0.282. The molecular formula is C29H25N3O5. The van der Waals surface area contributed by atoms with E-state index in [1.807, 2.05) is 62.4 Å². The van der Waals surface area contributed by atoms with Crippen LogP contribution in [0.3, 0.4) is 0 Å². The first kappa shape index (κ1) is 23.9. The van der Waals surface area contributed by atoms with Crippen LogP contribution in [0.4, 0.5) is 5.69 Å². The number of furan rings is 1. The number of nitrogens with zero attached hydrogens (tertiary/aromatic N) is 1. The van der Waals surface area contributed by atoms with Crippen molar-refractivity contribution in [1.29, 1.82) is 0 Å². The van der Waals surface area contributed by atoms with E-state index in [9.17, 15) is 9.59 Å². The molecule has 37 heavy (non-hydrogen) atoms. The van der Waals surface area contributed by atoms with Gasteiger partial charge >= 0.3 is 0 Å². The van der Waals surface area contributed by atoms with Gasteiger partial charge in [-0.1, -0.05) is 41.6 Å². The molecule has 0 saturated carbocycles. The number of carbonyl (C=O) groups is 2. The molecule has 5 rings (SSSR count). The van der Waals surface area contributed by atoms with Crippen LogP contribution in [0, 0.1) is 13.8 Å². The molecule has 2 aromatic heterocycles. The fourth-order valence-electron chi connectivity index (χ4n) is 3.96. The Morgan fingerprint density at radius 1 is 0.919 bits per heavy atom. The highest BCUT2D eigenvalue weighted by atomic mass is 16.5. The Morgan fingerprint density at radius 2 is 1.68 bits per heavy atom. The Bertz CT molecular complexity index is 1530. The van der Waals surface area contributed by atoms with Gasteiger partial charge in [0.05, 0.1) is 23.1 Å². The van der Waals surface area contributed by atoms with Crippen LogP contribution in [0.5, 0.6) is 5.75 Å². The summed E-state index contributed by atoms with van der Waals surface area (Å²) in [5, 5.41) is 11.6. The number of aryl methyl sites for hydroxylation is 2. The van der Waals surface area contributed by atoms with Crippen LogP contribution in [-0.4, -0.2) is 17.0 Å². The number of benzene rings is 3. The maximum atomic E-state index is 13.2. The predicted molar refractivity (Wildman–Crippen MR) is 139 cm³/mol. The number of aromatic nitrogens is 1. The monoisotopic (exact) mass is 495 g/mol. The number of anilines is 1. The molecule has 0 atom stereocenters.